The Morgan fingerprint density at radius 3 is 2.72 bits per heavy atom. The molecule has 0 radical (unpaired) electrons. The Hall–Kier alpha value is -0.120. The van der Waals surface area contributed by atoms with E-state index in [2.05, 4.69) is 5.32 Å². The zero-order valence-electron chi connectivity index (χ0n) is 11.5. The summed E-state index contributed by atoms with van der Waals surface area (Å²) in [7, 11) is 0. The Morgan fingerprint density at radius 2 is 1.94 bits per heavy atom. The normalized spacial score (nSPS) is 36.7. The summed E-state index contributed by atoms with van der Waals surface area (Å²) in [6.07, 6.45) is 10.3. The van der Waals surface area contributed by atoms with E-state index in [4.69, 9.17) is 9.47 Å². The van der Waals surface area contributed by atoms with Gasteiger partial charge in [-0.15, -0.1) is 0 Å². The van der Waals surface area contributed by atoms with Crippen molar-refractivity contribution in [1.82, 2.24) is 5.32 Å². The molecule has 0 aliphatic carbocycles. The molecule has 3 aliphatic rings. The maximum atomic E-state index is 6.13. The van der Waals surface area contributed by atoms with Crippen molar-refractivity contribution in [3.63, 3.8) is 0 Å². The topological polar surface area (TPSA) is 30.5 Å². The smallest absolute Gasteiger partial charge is 0.0729 e. The standard InChI is InChI=1S/C15H27NO2/c1-2-7-16-14(3-1)11-13-4-8-18-15(12-13)5-9-17-10-6-15/h13-14,16H,1-12H2. The van der Waals surface area contributed by atoms with Gasteiger partial charge in [-0.05, 0) is 57.4 Å². The summed E-state index contributed by atoms with van der Waals surface area (Å²) in [6, 6.07) is 0.777. The van der Waals surface area contributed by atoms with Crippen molar-refractivity contribution >= 4 is 0 Å². The monoisotopic (exact) mass is 253 g/mol. The number of rotatable bonds is 2. The third kappa shape index (κ3) is 3.06. The highest BCUT2D eigenvalue weighted by molar-refractivity contribution is 4.90. The lowest BCUT2D eigenvalue weighted by Gasteiger charge is -2.44. The molecule has 3 heteroatoms. The van der Waals surface area contributed by atoms with Crippen molar-refractivity contribution < 1.29 is 9.47 Å². The van der Waals surface area contributed by atoms with Crippen molar-refractivity contribution in [1.29, 1.82) is 0 Å². The lowest BCUT2D eigenvalue weighted by atomic mass is 9.78. The maximum Gasteiger partial charge on any atom is 0.0729 e. The molecule has 3 rings (SSSR count). The van der Waals surface area contributed by atoms with Crippen molar-refractivity contribution in [2.45, 2.75) is 63.0 Å². The van der Waals surface area contributed by atoms with E-state index >= 15 is 0 Å². The zero-order valence-corrected chi connectivity index (χ0v) is 11.5. The number of ether oxygens (including phenoxy) is 2. The summed E-state index contributed by atoms with van der Waals surface area (Å²) < 4.78 is 11.6. The second kappa shape index (κ2) is 5.89. The van der Waals surface area contributed by atoms with Crippen LogP contribution in [0.2, 0.25) is 0 Å². The first-order valence-electron chi connectivity index (χ1n) is 7.81. The van der Waals surface area contributed by atoms with E-state index in [-0.39, 0.29) is 5.60 Å². The molecular weight excluding hydrogens is 226 g/mol. The summed E-state index contributed by atoms with van der Waals surface area (Å²) in [5, 5.41) is 3.69. The first-order valence-corrected chi connectivity index (χ1v) is 7.81. The molecule has 0 saturated carbocycles. The van der Waals surface area contributed by atoms with Gasteiger partial charge in [0.05, 0.1) is 5.60 Å². The molecule has 2 atom stereocenters. The second-order valence-electron chi connectivity index (χ2n) is 6.39. The van der Waals surface area contributed by atoms with Gasteiger partial charge in [0.25, 0.3) is 0 Å². The lowest BCUT2D eigenvalue weighted by molar-refractivity contribution is -0.148. The molecule has 0 bridgehead atoms. The van der Waals surface area contributed by atoms with Crippen LogP contribution in [0.1, 0.15) is 51.4 Å². The summed E-state index contributed by atoms with van der Waals surface area (Å²) in [4.78, 5) is 0. The van der Waals surface area contributed by atoms with Crippen molar-refractivity contribution in [3.8, 4) is 0 Å². The first-order chi connectivity index (χ1) is 8.86. The summed E-state index contributed by atoms with van der Waals surface area (Å²) in [5.41, 5.74) is 0.176. The van der Waals surface area contributed by atoms with Crippen LogP contribution in [-0.4, -0.2) is 38.0 Å². The predicted octanol–water partition coefficient (Wildman–Crippen LogP) is 2.49. The zero-order chi connectivity index (χ0) is 12.3. The molecule has 3 saturated heterocycles. The van der Waals surface area contributed by atoms with Gasteiger partial charge >= 0.3 is 0 Å². The molecule has 0 aromatic rings. The minimum absolute atomic E-state index is 0.176. The molecule has 3 fully saturated rings. The van der Waals surface area contributed by atoms with Crippen LogP contribution < -0.4 is 5.32 Å². The molecule has 0 amide bonds. The van der Waals surface area contributed by atoms with Gasteiger partial charge in [-0.1, -0.05) is 6.42 Å². The van der Waals surface area contributed by atoms with Crippen LogP contribution in [0.3, 0.4) is 0 Å². The molecule has 1 spiro atoms. The van der Waals surface area contributed by atoms with Gasteiger partial charge in [0.2, 0.25) is 0 Å². The van der Waals surface area contributed by atoms with Gasteiger partial charge in [-0.3, -0.25) is 0 Å². The van der Waals surface area contributed by atoms with Crippen molar-refractivity contribution in [3.05, 3.63) is 0 Å². The largest absolute Gasteiger partial charge is 0.381 e. The van der Waals surface area contributed by atoms with Gasteiger partial charge in [0, 0.05) is 25.9 Å². The van der Waals surface area contributed by atoms with E-state index in [9.17, 15) is 0 Å². The lowest BCUT2D eigenvalue weighted by Crippen LogP contribution is -2.46. The number of hydrogen-bond acceptors (Lipinski definition) is 3. The fraction of sp³-hybridized carbons (Fsp3) is 1.00. The SMILES string of the molecule is C1CCC(CC2CCOC3(CCOCC3)C2)NC1. The maximum absolute atomic E-state index is 6.13. The van der Waals surface area contributed by atoms with Gasteiger partial charge in [0.1, 0.15) is 0 Å². The van der Waals surface area contributed by atoms with Crippen molar-refractivity contribution in [2.24, 2.45) is 5.92 Å². The molecule has 18 heavy (non-hydrogen) atoms. The van der Waals surface area contributed by atoms with E-state index in [1.54, 1.807) is 0 Å². The highest BCUT2D eigenvalue weighted by Gasteiger charge is 2.39. The number of piperidine rings is 1. The van der Waals surface area contributed by atoms with Crippen LogP contribution in [-0.2, 0) is 9.47 Å². The Kier molecular flexibility index (Phi) is 4.22. The molecule has 3 aliphatic heterocycles. The van der Waals surface area contributed by atoms with Crippen LogP contribution >= 0.6 is 0 Å². The first kappa shape index (κ1) is 12.9. The Morgan fingerprint density at radius 1 is 1.06 bits per heavy atom. The van der Waals surface area contributed by atoms with E-state index in [0.29, 0.717) is 0 Å². The third-order valence-electron chi connectivity index (χ3n) is 5.03. The van der Waals surface area contributed by atoms with Crippen LogP contribution in [0.5, 0.6) is 0 Å². The second-order valence-corrected chi connectivity index (χ2v) is 6.39. The van der Waals surface area contributed by atoms with Crippen LogP contribution in [0.4, 0.5) is 0 Å². The summed E-state index contributed by atoms with van der Waals surface area (Å²) in [6.45, 7) is 3.99. The fourth-order valence-electron chi connectivity index (χ4n) is 3.95. The van der Waals surface area contributed by atoms with Crippen LogP contribution in [0, 0.1) is 5.92 Å². The molecule has 0 aromatic carbocycles. The molecule has 104 valence electrons. The Labute approximate surface area is 111 Å². The van der Waals surface area contributed by atoms with Crippen molar-refractivity contribution in [2.75, 3.05) is 26.4 Å². The molecule has 2 unspecified atom stereocenters. The fourth-order valence-corrected chi connectivity index (χ4v) is 3.95. The van der Waals surface area contributed by atoms with Gasteiger partial charge in [-0.25, -0.2) is 0 Å². The van der Waals surface area contributed by atoms with E-state index in [0.717, 1.165) is 44.6 Å². The van der Waals surface area contributed by atoms with E-state index in [1.165, 1.54) is 45.1 Å². The quantitative estimate of drug-likeness (QED) is 0.820. The molecular formula is C15H27NO2. The minimum Gasteiger partial charge on any atom is -0.381 e. The predicted molar refractivity (Wildman–Crippen MR) is 71.7 cm³/mol. The number of nitrogens with one attached hydrogen (secondary N) is 1. The Bertz CT molecular complexity index is 252. The van der Waals surface area contributed by atoms with Crippen LogP contribution in [0.15, 0.2) is 0 Å². The molecule has 0 aromatic heterocycles. The molecule has 1 N–H and O–H groups in total. The van der Waals surface area contributed by atoms with Gasteiger partial charge in [0.15, 0.2) is 0 Å². The van der Waals surface area contributed by atoms with Crippen LogP contribution in [0.25, 0.3) is 0 Å². The number of hydrogen-bond donors (Lipinski definition) is 1. The Balaban J connectivity index is 1.52. The highest BCUT2D eigenvalue weighted by Crippen LogP contribution is 2.39. The molecule has 3 nitrogen and oxygen atoms in total. The summed E-state index contributed by atoms with van der Waals surface area (Å²) >= 11 is 0. The van der Waals surface area contributed by atoms with Gasteiger partial charge in [-0.2, -0.15) is 0 Å². The third-order valence-corrected chi connectivity index (χ3v) is 5.03. The van der Waals surface area contributed by atoms with E-state index in [1.807, 2.05) is 0 Å². The average molecular weight is 253 g/mol. The average Bonchev–Trinajstić information content (AvgIpc) is 2.41. The molecule has 3 heterocycles. The summed E-state index contributed by atoms with van der Waals surface area (Å²) in [5.74, 6) is 0.868. The van der Waals surface area contributed by atoms with Gasteiger partial charge < -0.3 is 14.8 Å². The van der Waals surface area contributed by atoms with E-state index < -0.39 is 0 Å². The minimum atomic E-state index is 0.176. The highest BCUT2D eigenvalue weighted by atomic mass is 16.5.